The predicted molar refractivity (Wildman–Crippen MR) is 131 cm³/mol. The second-order valence-electron chi connectivity index (χ2n) is 8.33. The summed E-state index contributed by atoms with van der Waals surface area (Å²) in [7, 11) is 0. The first-order valence-electron chi connectivity index (χ1n) is 11.8. The van der Waals surface area contributed by atoms with Crippen LogP contribution in [0.5, 0.6) is 5.75 Å². The molecule has 0 saturated heterocycles. The lowest BCUT2D eigenvalue weighted by Crippen LogP contribution is -2.34. The molecule has 2 rings (SSSR count). The second-order valence-corrected chi connectivity index (χ2v) is 9.25. The first-order chi connectivity index (χ1) is 15.2. The third kappa shape index (κ3) is 12.3. The van der Waals surface area contributed by atoms with Crippen LogP contribution in [0.15, 0.2) is 41.4 Å². The average molecular weight is 496 g/mol. The molecule has 0 bridgehead atoms. The zero-order valence-corrected chi connectivity index (χ0v) is 20.3. The molecule has 0 aliphatic heterocycles. The Morgan fingerprint density at radius 1 is 1.03 bits per heavy atom. The Labute approximate surface area is 196 Å². The molecule has 1 aliphatic carbocycles. The van der Waals surface area contributed by atoms with E-state index in [4.69, 9.17) is 9.47 Å². The topological polar surface area (TPSA) is 59.6 Å². The van der Waals surface area contributed by atoms with E-state index in [1.807, 2.05) is 18.2 Å². The van der Waals surface area contributed by atoms with Crippen molar-refractivity contribution in [3.8, 4) is 5.75 Å². The van der Waals surface area contributed by atoms with E-state index in [0.717, 1.165) is 62.7 Å². The summed E-state index contributed by atoms with van der Waals surface area (Å²) in [5.41, 5.74) is 0. The number of nitrogens with one attached hydrogen (secondary N) is 2. The number of carbonyl (C=O) groups excluding carboxylic acids is 1. The number of benzene rings is 1. The quantitative estimate of drug-likeness (QED) is 0.224. The third-order valence-electron chi connectivity index (χ3n) is 5.73. The van der Waals surface area contributed by atoms with Gasteiger partial charge in [0.05, 0.1) is 6.10 Å². The van der Waals surface area contributed by atoms with Crippen molar-refractivity contribution in [3.63, 3.8) is 0 Å². The van der Waals surface area contributed by atoms with Crippen LogP contribution < -0.4 is 15.4 Å². The molecule has 1 amide bonds. The molecule has 1 aliphatic rings. The highest BCUT2D eigenvalue weighted by molar-refractivity contribution is 9.10. The summed E-state index contributed by atoms with van der Waals surface area (Å²) in [5, 5.41) is 6.33. The molecule has 2 N–H and O–H groups in total. The molecule has 31 heavy (non-hydrogen) atoms. The van der Waals surface area contributed by atoms with Crippen LogP contribution in [-0.2, 0) is 4.74 Å². The van der Waals surface area contributed by atoms with Crippen LogP contribution in [-0.4, -0.2) is 38.4 Å². The number of hydrogen-bond donors (Lipinski definition) is 2. The van der Waals surface area contributed by atoms with Crippen molar-refractivity contribution < 1.29 is 14.3 Å². The number of amides is 1. The molecule has 1 aromatic carbocycles. The molecule has 0 heterocycles. The summed E-state index contributed by atoms with van der Waals surface area (Å²) < 4.78 is 12.3. The lowest BCUT2D eigenvalue weighted by atomic mass is 9.87. The molecular formula is C25H39BrN2O3. The Morgan fingerprint density at radius 2 is 1.74 bits per heavy atom. The summed E-state index contributed by atoms with van der Waals surface area (Å²) >= 11 is 3.37. The van der Waals surface area contributed by atoms with Gasteiger partial charge in [-0.3, -0.25) is 0 Å². The molecule has 1 fully saturated rings. The van der Waals surface area contributed by atoms with Crippen molar-refractivity contribution in [1.82, 2.24) is 10.6 Å². The number of ether oxygens (including phenoxy) is 2. The van der Waals surface area contributed by atoms with E-state index in [9.17, 15) is 4.79 Å². The highest BCUT2D eigenvalue weighted by atomic mass is 79.9. The van der Waals surface area contributed by atoms with Gasteiger partial charge in [-0.25, -0.2) is 4.79 Å². The van der Waals surface area contributed by atoms with Crippen molar-refractivity contribution in [2.75, 3.05) is 26.2 Å². The lowest BCUT2D eigenvalue weighted by molar-refractivity contribution is 0.0163. The molecular weight excluding hydrogens is 456 g/mol. The van der Waals surface area contributed by atoms with Crippen molar-refractivity contribution in [2.45, 2.75) is 70.3 Å². The van der Waals surface area contributed by atoms with Crippen LogP contribution in [0.3, 0.4) is 0 Å². The molecule has 1 aromatic rings. The average Bonchev–Trinajstić information content (AvgIpc) is 2.78. The van der Waals surface area contributed by atoms with Gasteiger partial charge in [0.2, 0.25) is 0 Å². The van der Waals surface area contributed by atoms with Gasteiger partial charge in [-0.05, 0) is 88.2 Å². The summed E-state index contributed by atoms with van der Waals surface area (Å²) in [6, 6.07) is 7.26. The van der Waals surface area contributed by atoms with Crippen molar-refractivity contribution >= 4 is 22.0 Å². The fourth-order valence-corrected chi connectivity index (χ4v) is 4.10. The number of halogens is 1. The van der Waals surface area contributed by atoms with Gasteiger partial charge >= 0.3 is 6.09 Å². The minimum absolute atomic E-state index is 0.381. The van der Waals surface area contributed by atoms with Crippen LogP contribution in [0.2, 0.25) is 0 Å². The standard InChI is InChI=1S/C25H39BrN2O3/c1-2-3-17-27-18-7-5-4-6-8-19-30-23-13-9-21(10-14-23)20-28-25(29)31-24-15-11-22(26)12-16-24/h2,11-12,15-16,21,23,27H,1,3-10,13-14,17-20H2,(H,28,29). The van der Waals surface area contributed by atoms with Gasteiger partial charge in [0.15, 0.2) is 0 Å². The monoisotopic (exact) mass is 494 g/mol. The van der Waals surface area contributed by atoms with Crippen molar-refractivity contribution in [1.29, 1.82) is 0 Å². The predicted octanol–water partition coefficient (Wildman–Crippen LogP) is 6.23. The van der Waals surface area contributed by atoms with Crippen LogP contribution >= 0.6 is 15.9 Å². The molecule has 174 valence electrons. The van der Waals surface area contributed by atoms with E-state index in [1.165, 1.54) is 25.7 Å². The molecule has 6 heteroatoms. The van der Waals surface area contributed by atoms with Crippen molar-refractivity contribution in [2.24, 2.45) is 5.92 Å². The van der Waals surface area contributed by atoms with Crippen LogP contribution in [0.4, 0.5) is 4.79 Å². The SMILES string of the molecule is C=CCCNCCCCCCCOC1CCC(CNC(=O)Oc2ccc(Br)cc2)CC1. The number of rotatable bonds is 15. The van der Waals surface area contributed by atoms with Gasteiger partial charge in [0.25, 0.3) is 0 Å². The Kier molecular flexibility index (Phi) is 13.6. The smallest absolute Gasteiger partial charge is 0.410 e. The molecule has 0 atom stereocenters. The maximum absolute atomic E-state index is 12.0. The van der Waals surface area contributed by atoms with Gasteiger partial charge < -0.3 is 20.1 Å². The zero-order chi connectivity index (χ0) is 22.2. The molecule has 0 unspecified atom stereocenters. The molecule has 0 spiro atoms. The number of carbonyl (C=O) groups is 1. The lowest BCUT2D eigenvalue weighted by Gasteiger charge is -2.28. The van der Waals surface area contributed by atoms with E-state index in [0.29, 0.717) is 24.3 Å². The fraction of sp³-hybridized carbons (Fsp3) is 0.640. The Balaban J connectivity index is 1.41. The van der Waals surface area contributed by atoms with E-state index in [1.54, 1.807) is 12.1 Å². The van der Waals surface area contributed by atoms with Crippen LogP contribution in [0.25, 0.3) is 0 Å². The van der Waals surface area contributed by atoms with E-state index in [2.05, 4.69) is 33.1 Å². The molecule has 0 radical (unpaired) electrons. The molecule has 0 aromatic heterocycles. The number of unbranched alkanes of at least 4 members (excludes halogenated alkanes) is 4. The minimum Gasteiger partial charge on any atom is -0.410 e. The van der Waals surface area contributed by atoms with Crippen molar-refractivity contribution in [3.05, 3.63) is 41.4 Å². The maximum atomic E-state index is 12.0. The Morgan fingerprint density at radius 3 is 2.48 bits per heavy atom. The van der Waals surface area contributed by atoms with Gasteiger partial charge in [-0.2, -0.15) is 0 Å². The summed E-state index contributed by atoms with van der Waals surface area (Å²) in [6.45, 7) is 7.44. The van der Waals surface area contributed by atoms with Gasteiger partial charge in [0, 0.05) is 17.6 Å². The van der Waals surface area contributed by atoms with Gasteiger partial charge in [-0.1, -0.05) is 41.3 Å². The van der Waals surface area contributed by atoms with Crippen LogP contribution in [0, 0.1) is 5.92 Å². The summed E-state index contributed by atoms with van der Waals surface area (Å²) in [5.74, 6) is 1.07. The zero-order valence-electron chi connectivity index (χ0n) is 18.8. The third-order valence-corrected chi connectivity index (χ3v) is 6.26. The van der Waals surface area contributed by atoms with E-state index >= 15 is 0 Å². The van der Waals surface area contributed by atoms with E-state index < -0.39 is 0 Å². The second kappa shape index (κ2) is 16.3. The summed E-state index contributed by atoms with van der Waals surface area (Å²) in [4.78, 5) is 12.0. The Bertz CT molecular complexity index is 616. The minimum atomic E-state index is -0.381. The van der Waals surface area contributed by atoms with E-state index in [-0.39, 0.29) is 6.09 Å². The first kappa shape index (κ1) is 25.9. The van der Waals surface area contributed by atoms with Gasteiger partial charge in [0.1, 0.15) is 5.75 Å². The normalized spacial score (nSPS) is 18.5. The summed E-state index contributed by atoms with van der Waals surface area (Å²) in [6.07, 6.45) is 13.7. The van der Waals surface area contributed by atoms with Gasteiger partial charge in [-0.15, -0.1) is 6.58 Å². The first-order valence-corrected chi connectivity index (χ1v) is 12.6. The maximum Gasteiger partial charge on any atom is 0.412 e. The van der Waals surface area contributed by atoms with Crippen LogP contribution in [0.1, 0.15) is 64.2 Å². The fourth-order valence-electron chi connectivity index (χ4n) is 3.84. The Hall–Kier alpha value is -1.37. The molecule has 1 saturated carbocycles. The molecule has 5 nitrogen and oxygen atoms in total. The largest absolute Gasteiger partial charge is 0.412 e. The highest BCUT2D eigenvalue weighted by Crippen LogP contribution is 2.26. The number of hydrogen-bond acceptors (Lipinski definition) is 4. The highest BCUT2D eigenvalue weighted by Gasteiger charge is 2.22.